The minimum atomic E-state index is -0.683. The van der Waals surface area contributed by atoms with Crippen molar-refractivity contribution in [3.8, 4) is 0 Å². The smallest absolute Gasteiger partial charge is 0.408 e. The van der Waals surface area contributed by atoms with E-state index < -0.39 is 17.7 Å². The highest BCUT2D eigenvalue weighted by Gasteiger charge is 2.20. The molecule has 1 atom stereocenters. The van der Waals surface area contributed by atoms with Crippen LogP contribution in [0.4, 0.5) is 4.79 Å². The van der Waals surface area contributed by atoms with Gasteiger partial charge in [0.15, 0.2) is 0 Å². The van der Waals surface area contributed by atoms with E-state index >= 15 is 0 Å². The van der Waals surface area contributed by atoms with Crippen LogP contribution in [-0.2, 0) is 37.7 Å². The van der Waals surface area contributed by atoms with Gasteiger partial charge in [-0.15, -0.1) is 11.8 Å². The summed E-state index contributed by atoms with van der Waals surface area (Å²) in [5.41, 5.74) is 3.27. The molecule has 1 amide bonds. The summed E-state index contributed by atoms with van der Waals surface area (Å²) in [4.78, 5) is 39.2. The number of aromatic nitrogens is 1. The zero-order chi connectivity index (χ0) is 25.4. The Morgan fingerprint density at radius 3 is 2.57 bits per heavy atom. The van der Waals surface area contributed by atoms with Gasteiger partial charge in [-0.3, -0.25) is 4.79 Å². The number of thioether (sulfide) groups is 1. The minimum absolute atomic E-state index is 0.206. The average Bonchev–Trinajstić information content (AvgIpc) is 3.13. The molecule has 1 aromatic heterocycles. The Morgan fingerprint density at radius 2 is 1.86 bits per heavy atom. The third kappa shape index (κ3) is 7.89. The lowest BCUT2D eigenvalue weighted by Gasteiger charge is -2.21. The van der Waals surface area contributed by atoms with Crippen LogP contribution in [0.15, 0.2) is 53.6 Å². The molecule has 3 aromatic rings. The summed E-state index contributed by atoms with van der Waals surface area (Å²) in [5, 5.41) is 4.56. The van der Waals surface area contributed by atoms with Crippen molar-refractivity contribution in [2.75, 3.05) is 6.61 Å². The highest BCUT2D eigenvalue weighted by atomic mass is 32.2. The van der Waals surface area contributed by atoms with Gasteiger partial charge in [-0.25, -0.2) is 4.79 Å². The third-order valence-corrected chi connectivity index (χ3v) is 6.21. The van der Waals surface area contributed by atoms with Crippen molar-refractivity contribution in [2.24, 2.45) is 0 Å². The number of carbonyl (C=O) groups excluding carboxylic acids is 3. The maximum atomic E-state index is 12.2. The number of esters is 1. The van der Waals surface area contributed by atoms with Crippen molar-refractivity contribution in [3.05, 3.63) is 65.2 Å². The van der Waals surface area contributed by atoms with Crippen LogP contribution in [0.5, 0.6) is 0 Å². The first kappa shape index (κ1) is 26.3. The van der Waals surface area contributed by atoms with Gasteiger partial charge in [0, 0.05) is 22.2 Å². The zero-order valence-electron chi connectivity index (χ0n) is 20.6. The Bertz CT molecular complexity index is 1180. The molecule has 3 rings (SSSR count). The van der Waals surface area contributed by atoms with Gasteiger partial charge in [0.2, 0.25) is 0 Å². The number of hydrogen-bond acceptors (Lipinski definition) is 6. The molecule has 0 radical (unpaired) electrons. The van der Waals surface area contributed by atoms with E-state index in [0.717, 1.165) is 38.9 Å². The van der Waals surface area contributed by atoms with Crippen LogP contribution in [0.1, 0.15) is 44.4 Å². The van der Waals surface area contributed by atoms with Crippen LogP contribution >= 0.6 is 11.8 Å². The Kier molecular flexibility index (Phi) is 8.98. The Morgan fingerprint density at radius 1 is 1.11 bits per heavy atom. The molecule has 1 heterocycles. The molecule has 0 aliphatic rings. The number of aromatic amines is 1. The van der Waals surface area contributed by atoms with Crippen molar-refractivity contribution in [3.63, 3.8) is 0 Å². The predicted molar refractivity (Wildman–Crippen MR) is 138 cm³/mol. The fourth-order valence-corrected chi connectivity index (χ4v) is 4.71. The summed E-state index contributed by atoms with van der Waals surface area (Å²) in [5.74, 6) is 0.417. The molecule has 0 bridgehead atoms. The number of rotatable bonds is 10. The van der Waals surface area contributed by atoms with Gasteiger partial charge in [0.05, 0.1) is 24.1 Å². The van der Waals surface area contributed by atoms with E-state index in [1.165, 1.54) is 0 Å². The molecule has 0 saturated heterocycles. The van der Waals surface area contributed by atoms with Crippen molar-refractivity contribution < 1.29 is 23.9 Å². The standard InChI is InChI=1S/C27H32N2O5S/c1-5-33-24(31)15-22-21-11-6-7-12-23(21)29-25(22)35-17-19-10-8-9-18(13-19)14-20(16-30)28-26(32)34-27(2,3)4/h6-13,16,20,29H,5,14-15,17H2,1-4H3,(H,28,32)/t20-/m0/s1. The van der Waals surface area contributed by atoms with Gasteiger partial charge in [0.1, 0.15) is 11.9 Å². The highest BCUT2D eigenvalue weighted by molar-refractivity contribution is 7.98. The molecule has 0 fully saturated rings. The second-order valence-corrected chi connectivity index (χ2v) is 10.1. The van der Waals surface area contributed by atoms with E-state index in [4.69, 9.17) is 9.47 Å². The van der Waals surface area contributed by atoms with Crippen LogP contribution in [0.2, 0.25) is 0 Å². The summed E-state index contributed by atoms with van der Waals surface area (Å²) in [6.07, 6.45) is 0.672. The molecular formula is C27H32N2O5S. The van der Waals surface area contributed by atoms with E-state index in [2.05, 4.69) is 10.3 Å². The molecular weight excluding hydrogens is 464 g/mol. The molecule has 0 saturated carbocycles. The number of amides is 1. The first-order valence-corrected chi connectivity index (χ1v) is 12.6. The summed E-state index contributed by atoms with van der Waals surface area (Å²) in [6, 6.07) is 15.1. The van der Waals surface area contributed by atoms with Crippen LogP contribution in [0.3, 0.4) is 0 Å². The molecule has 8 heteroatoms. The fraction of sp³-hybridized carbons (Fsp3) is 0.370. The van der Waals surface area contributed by atoms with Crippen molar-refractivity contribution in [1.82, 2.24) is 10.3 Å². The van der Waals surface area contributed by atoms with Crippen molar-refractivity contribution in [2.45, 2.75) is 63.0 Å². The maximum Gasteiger partial charge on any atom is 0.408 e. The number of carbonyl (C=O) groups is 3. The van der Waals surface area contributed by atoms with E-state index in [-0.39, 0.29) is 12.4 Å². The maximum absolute atomic E-state index is 12.2. The minimum Gasteiger partial charge on any atom is -0.466 e. The van der Waals surface area contributed by atoms with Crippen LogP contribution in [0, 0.1) is 0 Å². The molecule has 2 N–H and O–H groups in total. The molecule has 35 heavy (non-hydrogen) atoms. The number of H-pyrrole nitrogens is 1. The number of hydrogen-bond donors (Lipinski definition) is 2. The summed E-state index contributed by atoms with van der Waals surface area (Å²) < 4.78 is 10.4. The number of nitrogens with one attached hydrogen (secondary N) is 2. The zero-order valence-corrected chi connectivity index (χ0v) is 21.4. The van der Waals surface area contributed by atoms with Gasteiger partial charge >= 0.3 is 12.1 Å². The van der Waals surface area contributed by atoms with E-state index in [0.29, 0.717) is 18.8 Å². The SMILES string of the molecule is CCOC(=O)Cc1c(SCc2cccc(C[C@@H](C=O)NC(=O)OC(C)(C)C)c2)[nH]c2ccccc12. The van der Waals surface area contributed by atoms with Crippen LogP contribution in [0.25, 0.3) is 10.9 Å². The highest BCUT2D eigenvalue weighted by Crippen LogP contribution is 2.32. The molecule has 7 nitrogen and oxygen atoms in total. The van der Waals surface area contributed by atoms with Crippen molar-refractivity contribution in [1.29, 1.82) is 0 Å². The number of para-hydroxylation sites is 1. The van der Waals surface area contributed by atoms with Gasteiger partial charge in [-0.2, -0.15) is 0 Å². The lowest BCUT2D eigenvalue weighted by atomic mass is 10.0. The Labute approximate surface area is 210 Å². The lowest BCUT2D eigenvalue weighted by molar-refractivity contribution is -0.142. The monoisotopic (exact) mass is 496 g/mol. The van der Waals surface area contributed by atoms with Crippen LogP contribution < -0.4 is 5.32 Å². The topological polar surface area (TPSA) is 97.5 Å². The quantitative estimate of drug-likeness (QED) is 0.227. The first-order valence-electron chi connectivity index (χ1n) is 11.6. The van der Waals surface area contributed by atoms with E-state index in [1.54, 1.807) is 39.5 Å². The first-order chi connectivity index (χ1) is 16.7. The second kappa shape index (κ2) is 11.9. The van der Waals surface area contributed by atoms with Crippen molar-refractivity contribution >= 4 is 41.0 Å². The number of ether oxygens (including phenoxy) is 2. The molecule has 0 unspecified atom stereocenters. The number of fused-ring (bicyclic) bond motifs is 1. The molecule has 0 spiro atoms. The fourth-order valence-electron chi connectivity index (χ4n) is 3.68. The lowest BCUT2D eigenvalue weighted by Crippen LogP contribution is -2.41. The number of aldehydes is 1. The molecule has 2 aromatic carbocycles. The number of alkyl carbamates (subject to hydrolysis) is 1. The Balaban J connectivity index is 1.69. The van der Waals surface area contributed by atoms with Gasteiger partial charge in [-0.05, 0) is 51.3 Å². The summed E-state index contributed by atoms with van der Waals surface area (Å²) in [7, 11) is 0. The largest absolute Gasteiger partial charge is 0.466 e. The Hall–Kier alpha value is -3.26. The molecule has 0 aliphatic carbocycles. The van der Waals surface area contributed by atoms with Gasteiger partial charge in [0.25, 0.3) is 0 Å². The average molecular weight is 497 g/mol. The molecule has 0 aliphatic heterocycles. The second-order valence-electron chi connectivity index (χ2n) is 9.16. The van der Waals surface area contributed by atoms with Crippen LogP contribution in [-0.4, -0.2) is 41.6 Å². The van der Waals surface area contributed by atoms with E-state index in [9.17, 15) is 14.4 Å². The summed E-state index contributed by atoms with van der Waals surface area (Å²) in [6.45, 7) is 7.47. The van der Waals surface area contributed by atoms with Gasteiger partial charge in [-0.1, -0.05) is 42.5 Å². The normalized spacial score (nSPS) is 12.2. The summed E-state index contributed by atoms with van der Waals surface area (Å²) >= 11 is 1.61. The molecule has 186 valence electrons. The third-order valence-electron chi connectivity index (χ3n) is 5.10. The number of benzene rings is 2. The van der Waals surface area contributed by atoms with Gasteiger partial charge < -0.3 is 24.6 Å². The predicted octanol–water partition coefficient (Wildman–Crippen LogP) is 5.20. The van der Waals surface area contributed by atoms with E-state index in [1.807, 2.05) is 48.5 Å².